The third-order valence-electron chi connectivity index (χ3n) is 1.61. The van der Waals surface area contributed by atoms with Crippen LogP contribution in [0.3, 0.4) is 0 Å². The van der Waals surface area contributed by atoms with Crippen LogP contribution < -0.4 is 10.8 Å². The maximum atomic E-state index is 11.0. The van der Waals surface area contributed by atoms with Crippen LogP contribution in [0.1, 0.15) is 20.3 Å². The second-order valence-corrected chi connectivity index (χ2v) is 2.56. The highest BCUT2D eigenvalue weighted by Crippen LogP contribution is 1.98. The second kappa shape index (κ2) is 5.54. The molecule has 0 saturated carbocycles. The first-order valence-electron chi connectivity index (χ1n) is 3.82. The van der Waals surface area contributed by atoms with Gasteiger partial charge in [-0.1, -0.05) is 13.8 Å². The molecule has 0 aromatic carbocycles. The lowest BCUT2D eigenvalue weighted by Crippen LogP contribution is -2.37. The van der Waals surface area contributed by atoms with Crippen molar-refractivity contribution in [2.75, 3.05) is 6.54 Å². The monoisotopic (exact) mass is 174 g/mol. The SMILES string of the molecule is CCC(C)C(=O)NCC(=O)NO. The first kappa shape index (κ1) is 10.9. The maximum Gasteiger partial charge on any atom is 0.262 e. The Morgan fingerprint density at radius 3 is 2.50 bits per heavy atom. The molecule has 5 nitrogen and oxygen atoms in total. The summed E-state index contributed by atoms with van der Waals surface area (Å²) in [4.78, 5) is 21.5. The summed E-state index contributed by atoms with van der Waals surface area (Å²) in [5.41, 5.74) is 1.42. The standard InChI is InChI=1S/C7H14N2O3/c1-3-5(2)7(11)8-4-6(10)9-12/h5,12H,3-4H2,1-2H3,(H,8,11)(H,9,10). The van der Waals surface area contributed by atoms with Gasteiger partial charge in [-0.2, -0.15) is 0 Å². The molecule has 5 heteroatoms. The molecule has 3 N–H and O–H groups in total. The highest BCUT2D eigenvalue weighted by Gasteiger charge is 2.10. The molecule has 0 rings (SSSR count). The summed E-state index contributed by atoms with van der Waals surface area (Å²) in [7, 11) is 0. The number of amides is 2. The van der Waals surface area contributed by atoms with E-state index >= 15 is 0 Å². The zero-order valence-corrected chi connectivity index (χ0v) is 7.26. The molecule has 70 valence electrons. The summed E-state index contributed by atoms with van der Waals surface area (Å²) in [6.45, 7) is 3.47. The van der Waals surface area contributed by atoms with Crippen LogP contribution in [0.5, 0.6) is 0 Å². The number of hydrogen-bond donors (Lipinski definition) is 3. The summed E-state index contributed by atoms with van der Waals surface area (Å²) >= 11 is 0. The summed E-state index contributed by atoms with van der Waals surface area (Å²) in [6, 6.07) is 0. The maximum absolute atomic E-state index is 11.0. The van der Waals surface area contributed by atoms with Crippen LogP contribution in [0, 0.1) is 5.92 Å². The zero-order valence-electron chi connectivity index (χ0n) is 7.26. The number of hydrogen-bond acceptors (Lipinski definition) is 3. The topological polar surface area (TPSA) is 78.4 Å². The molecule has 0 radical (unpaired) electrons. The van der Waals surface area contributed by atoms with Gasteiger partial charge in [0.15, 0.2) is 0 Å². The minimum Gasteiger partial charge on any atom is -0.347 e. The molecule has 0 saturated heterocycles. The average Bonchev–Trinajstić information content (AvgIpc) is 2.11. The fourth-order valence-electron chi connectivity index (χ4n) is 0.567. The fourth-order valence-corrected chi connectivity index (χ4v) is 0.567. The van der Waals surface area contributed by atoms with Crippen molar-refractivity contribution in [3.8, 4) is 0 Å². The van der Waals surface area contributed by atoms with Crippen molar-refractivity contribution in [3.63, 3.8) is 0 Å². The van der Waals surface area contributed by atoms with Crippen LogP contribution in [-0.4, -0.2) is 23.6 Å². The smallest absolute Gasteiger partial charge is 0.262 e. The van der Waals surface area contributed by atoms with Gasteiger partial charge in [-0.3, -0.25) is 14.8 Å². The lowest BCUT2D eigenvalue weighted by molar-refractivity contribution is -0.132. The number of nitrogens with one attached hydrogen (secondary N) is 2. The van der Waals surface area contributed by atoms with Gasteiger partial charge in [-0.05, 0) is 6.42 Å². The van der Waals surface area contributed by atoms with Crippen LogP contribution in [0.2, 0.25) is 0 Å². The van der Waals surface area contributed by atoms with Crippen molar-refractivity contribution in [3.05, 3.63) is 0 Å². The van der Waals surface area contributed by atoms with E-state index in [-0.39, 0.29) is 18.4 Å². The molecule has 1 atom stereocenters. The largest absolute Gasteiger partial charge is 0.347 e. The van der Waals surface area contributed by atoms with E-state index in [2.05, 4.69) is 5.32 Å². The van der Waals surface area contributed by atoms with E-state index in [0.717, 1.165) is 6.42 Å². The van der Waals surface area contributed by atoms with Gasteiger partial charge in [-0.25, -0.2) is 5.48 Å². The molecule has 0 aliphatic rings. The molecule has 0 bridgehead atoms. The van der Waals surface area contributed by atoms with Crippen molar-refractivity contribution < 1.29 is 14.8 Å². The molecule has 0 aromatic heterocycles. The number of carbonyl (C=O) groups excluding carboxylic acids is 2. The van der Waals surface area contributed by atoms with Crippen LogP contribution in [0.4, 0.5) is 0 Å². The van der Waals surface area contributed by atoms with Gasteiger partial charge in [0.05, 0.1) is 6.54 Å². The Bertz CT molecular complexity index is 170. The quantitative estimate of drug-likeness (QED) is 0.403. The molecule has 0 aromatic rings. The molecular weight excluding hydrogens is 160 g/mol. The first-order valence-corrected chi connectivity index (χ1v) is 3.82. The molecule has 1 unspecified atom stereocenters. The Morgan fingerprint density at radius 2 is 2.08 bits per heavy atom. The lowest BCUT2D eigenvalue weighted by Gasteiger charge is -2.08. The van der Waals surface area contributed by atoms with E-state index < -0.39 is 5.91 Å². The first-order chi connectivity index (χ1) is 5.61. The Kier molecular flexibility index (Phi) is 5.03. The summed E-state index contributed by atoms with van der Waals surface area (Å²) in [5.74, 6) is -0.899. The normalized spacial score (nSPS) is 11.9. The van der Waals surface area contributed by atoms with Crippen molar-refractivity contribution in [2.24, 2.45) is 5.92 Å². The number of carbonyl (C=O) groups is 2. The lowest BCUT2D eigenvalue weighted by atomic mass is 10.1. The fraction of sp³-hybridized carbons (Fsp3) is 0.714. The summed E-state index contributed by atoms with van der Waals surface area (Å²) in [5, 5.41) is 10.5. The third-order valence-corrected chi connectivity index (χ3v) is 1.61. The number of hydroxylamine groups is 1. The van der Waals surface area contributed by atoms with Crippen LogP contribution in [-0.2, 0) is 9.59 Å². The zero-order chi connectivity index (χ0) is 9.56. The van der Waals surface area contributed by atoms with Gasteiger partial charge in [0.2, 0.25) is 5.91 Å². The predicted molar refractivity (Wildman–Crippen MR) is 42.4 cm³/mol. The van der Waals surface area contributed by atoms with Gasteiger partial charge in [0.1, 0.15) is 0 Å². The molecule has 2 amide bonds. The molecule has 0 heterocycles. The minimum atomic E-state index is -0.619. The van der Waals surface area contributed by atoms with Gasteiger partial charge < -0.3 is 5.32 Å². The van der Waals surface area contributed by atoms with Gasteiger partial charge >= 0.3 is 0 Å². The van der Waals surface area contributed by atoms with Crippen LogP contribution in [0.25, 0.3) is 0 Å². The summed E-state index contributed by atoms with van der Waals surface area (Å²) < 4.78 is 0. The molecule has 0 aliphatic carbocycles. The molecule has 0 fully saturated rings. The molecule has 0 aliphatic heterocycles. The van der Waals surface area contributed by atoms with E-state index in [1.54, 1.807) is 6.92 Å². The molecular formula is C7H14N2O3. The highest BCUT2D eigenvalue weighted by molar-refractivity contribution is 5.84. The Labute approximate surface area is 71.1 Å². The predicted octanol–water partition coefficient (Wildman–Crippen LogP) is -0.346. The van der Waals surface area contributed by atoms with Gasteiger partial charge in [0.25, 0.3) is 5.91 Å². The van der Waals surface area contributed by atoms with E-state index in [1.165, 1.54) is 5.48 Å². The minimum absolute atomic E-state index is 0.100. The van der Waals surface area contributed by atoms with Crippen molar-refractivity contribution in [2.45, 2.75) is 20.3 Å². The second-order valence-electron chi connectivity index (χ2n) is 2.56. The highest BCUT2D eigenvalue weighted by atomic mass is 16.5. The van der Waals surface area contributed by atoms with E-state index in [1.807, 2.05) is 6.92 Å². The third kappa shape index (κ3) is 3.92. The van der Waals surface area contributed by atoms with E-state index in [0.29, 0.717) is 0 Å². The van der Waals surface area contributed by atoms with Crippen LogP contribution in [0.15, 0.2) is 0 Å². The van der Waals surface area contributed by atoms with Crippen molar-refractivity contribution in [1.29, 1.82) is 0 Å². The van der Waals surface area contributed by atoms with Crippen molar-refractivity contribution in [1.82, 2.24) is 10.8 Å². The van der Waals surface area contributed by atoms with E-state index in [9.17, 15) is 9.59 Å². The number of rotatable bonds is 4. The van der Waals surface area contributed by atoms with Crippen LogP contribution >= 0.6 is 0 Å². The Morgan fingerprint density at radius 1 is 1.50 bits per heavy atom. The Hall–Kier alpha value is -1.10. The van der Waals surface area contributed by atoms with E-state index in [4.69, 9.17) is 5.21 Å². The molecule has 12 heavy (non-hydrogen) atoms. The summed E-state index contributed by atoms with van der Waals surface area (Å²) in [6.07, 6.45) is 0.729. The average molecular weight is 174 g/mol. The Balaban J connectivity index is 3.64. The van der Waals surface area contributed by atoms with Gasteiger partial charge in [-0.15, -0.1) is 0 Å². The molecule has 0 spiro atoms. The van der Waals surface area contributed by atoms with Crippen molar-refractivity contribution >= 4 is 11.8 Å². The van der Waals surface area contributed by atoms with Gasteiger partial charge in [0, 0.05) is 5.92 Å².